The molecule has 0 heterocycles. The largest absolute Gasteiger partial charge is 0.493 e. The maximum absolute atomic E-state index is 11.2. The molecular weight excluding hydrogens is 280 g/mol. The molecule has 2 rings (SSSR count). The first-order valence-corrected chi connectivity index (χ1v) is 7.26. The SMILES string of the molecule is C=CC(=O)OC(C)COc1ccc(OCC)c2ccccc12. The summed E-state index contributed by atoms with van der Waals surface area (Å²) in [6.45, 7) is 7.99. The van der Waals surface area contributed by atoms with Crippen molar-refractivity contribution in [3.63, 3.8) is 0 Å². The second kappa shape index (κ2) is 7.50. The Hall–Kier alpha value is -2.49. The molecule has 1 unspecified atom stereocenters. The standard InChI is InChI=1S/C18H20O4/c1-4-18(19)22-13(3)12-21-17-11-10-16(20-5-2)14-8-6-7-9-15(14)17/h4,6-11,13H,1,5,12H2,2-3H3. The zero-order valence-electron chi connectivity index (χ0n) is 12.9. The van der Waals surface area contributed by atoms with Gasteiger partial charge >= 0.3 is 5.97 Å². The molecule has 1 atom stereocenters. The minimum absolute atomic E-state index is 0.275. The molecule has 0 amide bonds. The average Bonchev–Trinajstić information content (AvgIpc) is 2.54. The molecule has 116 valence electrons. The van der Waals surface area contributed by atoms with Crippen molar-refractivity contribution in [1.29, 1.82) is 0 Å². The van der Waals surface area contributed by atoms with Crippen LogP contribution in [0.3, 0.4) is 0 Å². The summed E-state index contributed by atoms with van der Waals surface area (Å²) in [5.74, 6) is 1.12. The Kier molecular flexibility index (Phi) is 5.42. The van der Waals surface area contributed by atoms with Gasteiger partial charge in [-0.05, 0) is 26.0 Å². The summed E-state index contributed by atoms with van der Waals surface area (Å²) < 4.78 is 16.5. The minimum Gasteiger partial charge on any atom is -0.493 e. The highest BCUT2D eigenvalue weighted by Crippen LogP contribution is 2.33. The lowest BCUT2D eigenvalue weighted by atomic mass is 10.1. The van der Waals surface area contributed by atoms with Gasteiger partial charge in [0.15, 0.2) is 0 Å². The second-order valence-electron chi connectivity index (χ2n) is 4.80. The van der Waals surface area contributed by atoms with Gasteiger partial charge in [0.1, 0.15) is 24.2 Å². The van der Waals surface area contributed by atoms with Crippen LogP contribution in [0.15, 0.2) is 49.1 Å². The van der Waals surface area contributed by atoms with E-state index >= 15 is 0 Å². The molecule has 0 aromatic heterocycles. The lowest BCUT2D eigenvalue weighted by Gasteiger charge is -2.16. The number of fused-ring (bicyclic) bond motifs is 1. The molecule has 0 bridgehead atoms. The van der Waals surface area contributed by atoms with Crippen LogP contribution in [0.1, 0.15) is 13.8 Å². The zero-order valence-corrected chi connectivity index (χ0v) is 12.9. The molecule has 0 radical (unpaired) electrons. The van der Waals surface area contributed by atoms with Gasteiger partial charge in [-0.25, -0.2) is 4.79 Å². The molecule has 0 saturated carbocycles. The summed E-state index contributed by atoms with van der Waals surface area (Å²) in [5, 5.41) is 1.97. The second-order valence-corrected chi connectivity index (χ2v) is 4.80. The third-order valence-electron chi connectivity index (χ3n) is 3.10. The van der Waals surface area contributed by atoms with Crippen LogP contribution in [0, 0.1) is 0 Å². The van der Waals surface area contributed by atoms with Gasteiger partial charge in [-0.1, -0.05) is 30.8 Å². The molecule has 0 N–H and O–H groups in total. The van der Waals surface area contributed by atoms with E-state index in [9.17, 15) is 4.79 Å². The van der Waals surface area contributed by atoms with Gasteiger partial charge in [0.25, 0.3) is 0 Å². The smallest absolute Gasteiger partial charge is 0.330 e. The Morgan fingerprint density at radius 2 is 1.73 bits per heavy atom. The highest BCUT2D eigenvalue weighted by atomic mass is 16.6. The van der Waals surface area contributed by atoms with Crippen molar-refractivity contribution in [2.75, 3.05) is 13.2 Å². The van der Waals surface area contributed by atoms with E-state index in [1.54, 1.807) is 6.92 Å². The van der Waals surface area contributed by atoms with E-state index in [2.05, 4.69) is 6.58 Å². The van der Waals surface area contributed by atoms with E-state index in [0.29, 0.717) is 6.61 Å². The van der Waals surface area contributed by atoms with Crippen LogP contribution in [0.4, 0.5) is 0 Å². The fraction of sp³-hybridized carbons (Fsp3) is 0.278. The van der Waals surface area contributed by atoms with Crippen LogP contribution >= 0.6 is 0 Å². The van der Waals surface area contributed by atoms with Crippen molar-refractivity contribution in [3.8, 4) is 11.5 Å². The number of rotatable bonds is 7. The lowest BCUT2D eigenvalue weighted by molar-refractivity contribution is -0.143. The topological polar surface area (TPSA) is 44.8 Å². The molecule has 4 heteroatoms. The molecule has 0 spiro atoms. The fourth-order valence-electron chi connectivity index (χ4n) is 2.14. The molecule has 2 aromatic carbocycles. The molecule has 0 saturated heterocycles. The monoisotopic (exact) mass is 300 g/mol. The van der Waals surface area contributed by atoms with Crippen LogP contribution in [0.2, 0.25) is 0 Å². The summed E-state index contributed by atoms with van der Waals surface area (Å²) in [5.41, 5.74) is 0. The third kappa shape index (κ3) is 3.79. The highest BCUT2D eigenvalue weighted by Gasteiger charge is 2.11. The van der Waals surface area contributed by atoms with Crippen molar-refractivity contribution in [1.82, 2.24) is 0 Å². The van der Waals surface area contributed by atoms with Crippen LogP contribution < -0.4 is 9.47 Å². The van der Waals surface area contributed by atoms with Gasteiger partial charge in [0.05, 0.1) is 6.61 Å². The predicted molar refractivity (Wildman–Crippen MR) is 86.4 cm³/mol. The Bertz CT molecular complexity index is 663. The lowest BCUT2D eigenvalue weighted by Crippen LogP contribution is -2.20. The van der Waals surface area contributed by atoms with Crippen molar-refractivity contribution < 1.29 is 19.0 Å². The molecule has 4 nitrogen and oxygen atoms in total. The molecule has 22 heavy (non-hydrogen) atoms. The molecule has 2 aromatic rings. The van der Waals surface area contributed by atoms with Crippen LogP contribution in [-0.2, 0) is 9.53 Å². The maximum Gasteiger partial charge on any atom is 0.330 e. The fourth-order valence-corrected chi connectivity index (χ4v) is 2.14. The first-order chi connectivity index (χ1) is 10.7. The number of hydrogen-bond donors (Lipinski definition) is 0. The van der Waals surface area contributed by atoms with Gasteiger partial charge < -0.3 is 14.2 Å². The highest BCUT2D eigenvalue weighted by molar-refractivity contribution is 5.93. The Balaban J connectivity index is 2.16. The van der Waals surface area contributed by atoms with Crippen LogP contribution in [0.25, 0.3) is 10.8 Å². The maximum atomic E-state index is 11.2. The zero-order chi connectivity index (χ0) is 15.9. The quantitative estimate of drug-likeness (QED) is 0.577. The van der Waals surface area contributed by atoms with Gasteiger partial charge in [0.2, 0.25) is 0 Å². The van der Waals surface area contributed by atoms with Gasteiger partial charge in [-0.15, -0.1) is 0 Å². The Morgan fingerprint density at radius 3 is 2.27 bits per heavy atom. The number of ether oxygens (including phenoxy) is 3. The van der Waals surface area contributed by atoms with Crippen molar-refractivity contribution in [2.45, 2.75) is 20.0 Å². The molecule has 0 aliphatic carbocycles. The van der Waals surface area contributed by atoms with E-state index in [-0.39, 0.29) is 12.7 Å². The van der Waals surface area contributed by atoms with Crippen molar-refractivity contribution in [2.24, 2.45) is 0 Å². The number of hydrogen-bond acceptors (Lipinski definition) is 4. The molecular formula is C18H20O4. The number of carbonyl (C=O) groups is 1. The Morgan fingerprint density at radius 1 is 1.14 bits per heavy atom. The first kappa shape index (κ1) is 15.9. The van der Waals surface area contributed by atoms with Crippen molar-refractivity contribution >= 4 is 16.7 Å². The van der Waals surface area contributed by atoms with Gasteiger partial charge in [-0.3, -0.25) is 0 Å². The molecule has 0 aliphatic heterocycles. The summed E-state index contributed by atoms with van der Waals surface area (Å²) in [6.07, 6.45) is 0.791. The van der Waals surface area contributed by atoms with Crippen LogP contribution in [-0.4, -0.2) is 25.3 Å². The van der Waals surface area contributed by atoms with Gasteiger partial charge in [0, 0.05) is 16.8 Å². The normalized spacial score (nSPS) is 11.7. The number of carbonyl (C=O) groups excluding carboxylic acids is 1. The summed E-state index contributed by atoms with van der Waals surface area (Å²) in [4.78, 5) is 11.2. The minimum atomic E-state index is -0.451. The van der Waals surface area contributed by atoms with Gasteiger partial charge in [-0.2, -0.15) is 0 Å². The first-order valence-electron chi connectivity index (χ1n) is 7.26. The summed E-state index contributed by atoms with van der Waals surface area (Å²) in [6, 6.07) is 11.6. The summed E-state index contributed by atoms with van der Waals surface area (Å²) in [7, 11) is 0. The van der Waals surface area contributed by atoms with E-state index in [0.717, 1.165) is 28.3 Å². The summed E-state index contributed by atoms with van der Waals surface area (Å²) >= 11 is 0. The predicted octanol–water partition coefficient (Wildman–Crippen LogP) is 3.74. The number of esters is 1. The van der Waals surface area contributed by atoms with E-state index in [4.69, 9.17) is 14.2 Å². The van der Waals surface area contributed by atoms with E-state index < -0.39 is 5.97 Å². The van der Waals surface area contributed by atoms with Crippen molar-refractivity contribution in [3.05, 3.63) is 49.1 Å². The molecule has 0 fully saturated rings. The number of benzene rings is 2. The Labute approximate surface area is 130 Å². The third-order valence-corrected chi connectivity index (χ3v) is 3.10. The molecule has 0 aliphatic rings. The van der Waals surface area contributed by atoms with Crippen LogP contribution in [0.5, 0.6) is 11.5 Å². The van der Waals surface area contributed by atoms with E-state index in [1.165, 1.54) is 0 Å². The van der Waals surface area contributed by atoms with E-state index in [1.807, 2.05) is 43.3 Å². The average molecular weight is 300 g/mol.